The zero-order valence-electron chi connectivity index (χ0n) is 16.1. The van der Waals surface area contributed by atoms with Gasteiger partial charge in [-0.15, -0.1) is 0 Å². The summed E-state index contributed by atoms with van der Waals surface area (Å²) in [5.74, 6) is 0.445. The zero-order chi connectivity index (χ0) is 20.8. The predicted molar refractivity (Wildman–Crippen MR) is 98.8 cm³/mol. The maximum absolute atomic E-state index is 13.0. The summed E-state index contributed by atoms with van der Waals surface area (Å²) in [5.41, 5.74) is -0.0633. The van der Waals surface area contributed by atoms with Crippen molar-refractivity contribution in [2.24, 2.45) is 7.05 Å². The van der Waals surface area contributed by atoms with Gasteiger partial charge in [-0.2, -0.15) is 28.4 Å². The van der Waals surface area contributed by atoms with Gasteiger partial charge in [0.1, 0.15) is 23.2 Å². The average molecular weight is 407 g/mol. The Balaban J connectivity index is 1.64. The first-order chi connectivity index (χ1) is 13.7. The molecule has 0 aliphatic heterocycles. The van der Waals surface area contributed by atoms with Crippen molar-refractivity contribution >= 4 is 17.5 Å². The Labute approximate surface area is 164 Å². The van der Waals surface area contributed by atoms with Crippen molar-refractivity contribution in [2.45, 2.75) is 37.9 Å². The van der Waals surface area contributed by atoms with Gasteiger partial charge in [-0.1, -0.05) is 0 Å². The van der Waals surface area contributed by atoms with Crippen LogP contribution in [0, 0.1) is 6.92 Å². The Hall–Kier alpha value is -3.18. The number of hydrogen-bond donors (Lipinski definition) is 2. The number of hydrogen-bond acceptors (Lipinski definition) is 7. The molecule has 3 heterocycles. The van der Waals surface area contributed by atoms with E-state index < -0.39 is 17.3 Å². The molecule has 1 aliphatic carbocycles. The molecule has 0 spiro atoms. The van der Waals surface area contributed by atoms with Gasteiger partial charge in [0.05, 0.1) is 11.4 Å². The Morgan fingerprint density at radius 1 is 1.17 bits per heavy atom. The lowest BCUT2D eigenvalue weighted by atomic mass is 9.76. The van der Waals surface area contributed by atoms with Crippen molar-refractivity contribution in [3.63, 3.8) is 0 Å². The van der Waals surface area contributed by atoms with Crippen LogP contribution in [0.4, 0.5) is 30.6 Å². The van der Waals surface area contributed by atoms with Gasteiger partial charge in [0.2, 0.25) is 5.95 Å². The minimum Gasteiger partial charge on any atom is -0.372 e. The van der Waals surface area contributed by atoms with Gasteiger partial charge < -0.3 is 10.6 Å². The van der Waals surface area contributed by atoms with E-state index in [1.807, 2.05) is 11.7 Å². The molecule has 0 saturated heterocycles. The summed E-state index contributed by atoms with van der Waals surface area (Å²) in [6, 6.07) is 0. The molecule has 154 valence electrons. The van der Waals surface area contributed by atoms with Crippen molar-refractivity contribution in [2.75, 3.05) is 17.7 Å². The summed E-state index contributed by atoms with van der Waals surface area (Å²) in [6.45, 7) is 1.81. The average Bonchev–Trinajstić information content (AvgIpc) is 3.20. The second-order valence-corrected chi connectivity index (χ2v) is 7.03. The van der Waals surface area contributed by atoms with E-state index in [9.17, 15) is 13.2 Å². The fourth-order valence-electron chi connectivity index (χ4n) is 3.38. The number of halogens is 3. The van der Waals surface area contributed by atoms with Crippen molar-refractivity contribution in [3.8, 4) is 0 Å². The van der Waals surface area contributed by atoms with Gasteiger partial charge in [0.25, 0.3) is 0 Å². The number of rotatable bonds is 5. The van der Waals surface area contributed by atoms with Crippen LogP contribution in [0.1, 0.15) is 36.3 Å². The molecule has 1 saturated carbocycles. The van der Waals surface area contributed by atoms with Crippen LogP contribution in [0.3, 0.4) is 0 Å². The Morgan fingerprint density at radius 3 is 2.48 bits per heavy atom. The third kappa shape index (κ3) is 3.28. The van der Waals surface area contributed by atoms with E-state index in [2.05, 4.69) is 35.8 Å². The van der Waals surface area contributed by atoms with Gasteiger partial charge in [0.15, 0.2) is 5.82 Å². The third-order valence-corrected chi connectivity index (χ3v) is 5.11. The summed E-state index contributed by atoms with van der Waals surface area (Å²) in [6.07, 6.45) is 2.42. The number of nitrogens with zero attached hydrogens (tertiary/aromatic N) is 7. The van der Waals surface area contributed by atoms with Crippen molar-refractivity contribution < 1.29 is 13.2 Å². The summed E-state index contributed by atoms with van der Waals surface area (Å²) in [4.78, 5) is 12.1. The SMILES string of the molecule is CNc1nc(Nc2cn(C3(c4ncn(C)n4)CCC3)nc2C)ncc1C(F)(F)F. The van der Waals surface area contributed by atoms with E-state index in [0.29, 0.717) is 17.2 Å². The predicted octanol–water partition coefficient (Wildman–Crippen LogP) is 2.84. The summed E-state index contributed by atoms with van der Waals surface area (Å²) in [5, 5.41) is 14.5. The number of aromatic nitrogens is 7. The minimum absolute atomic E-state index is 0.0450. The second-order valence-electron chi connectivity index (χ2n) is 7.03. The maximum Gasteiger partial charge on any atom is 0.421 e. The molecule has 4 rings (SSSR count). The van der Waals surface area contributed by atoms with E-state index in [-0.39, 0.29) is 11.8 Å². The van der Waals surface area contributed by atoms with Gasteiger partial charge in [-0.05, 0) is 26.2 Å². The highest BCUT2D eigenvalue weighted by atomic mass is 19.4. The number of nitrogens with one attached hydrogen (secondary N) is 2. The molecule has 9 nitrogen and oxygen atoms in total. The number of alkyl halides is 3. The molecule has 29 heavy (non-hydrogen) atoms. The quantitative estimate of drug-likeness (QED) is 0.671. The third-order valence-electron chi connectivity index (χ3n) is 5.11. The Kier molecular flexibility index (Phi) is 4.43. The molecule has 2 N–H and O–H groups in total. The molecule has 0 radical (unpaired) electrons. The van der Waals surface area contributed by atoms with E-state index >= 15 is 0 Å². The summed E-state index contributed by atoms with van der Waals surface area (Å²) in [7, 11) is 3.19. The van der Waals surface area contributed by atoms with Crippen LogP contribution >= 0.6 is 0 Å². The molecule has 3 aromatic heterocycles. The molecule has 0 amide bonds. The molecule has 12 heteroatoms. The molecule has 3 aromatic rings. The first kappa shape index (κ1) is 19.2. The highest BCUT2D eigenvalue weighted by Crippen LogP contribution is 2.43. The minimum atomic E-state index is -4.54. The zero-order valence-corrected chi connectivity index (χ0v) is 16.1. The van der Waals surface area contributed by atoms with Crippen molar-refractivity contribution in [1.29, 1.82) is 0 Å². The van der Waals surface area contributed by atoms with Crippen LogP contribution in [0.5, 0.6) is 0 Å². The fraction of sp³-hybridized carbons (Fsp3) is 0.471. The molecular formula is C17H20F3N9. The fourth-order valence-corrected chi connectivity index (χ4v) is 3.38. The van der Waals surface area contributed by atoms with E-state index in [1.165, 1.54) is 7.05 Å². The second kappa shape index (κ2) is 6.71. The summed E-state index contributed by atoms with van der Waals surface area (Å²) < 4.78 is 42.6. The van der Waals surface area contributed by atoms with Crippen molar-refractivity contribution in [1.82, 2.24) is 34.5 Å². The molecule has 0 bridgehead atoms. The van der Waals surface area contributed by atoms with Gasteiger partial charge in [-0.25, -0.2) is 9.97 Å². The monoisotopic (exact) mass is 407 g/mol. The first-order valence-corrected chi connectivity index (χ1v) is 9.05. The van der Waals surface area contributed by atoms with E-state index in [1.54, 1.807) is 24.1 Å². The van der Waals surface area contributed by atoms with Crippen LogP contribution in [0.15, 0.2) is 18.7 Å². The molecule has 1 fully saturated rings. The van der Waals surface area contributed by atoms with E-state index in [4.69, 9.17) is 0 Å². The molecule has 0 unspecified atom stereocenters. The maximum atomic E-state index is 13.0. The highest BCUT2D eigenvalue weighted by molar-refractivity contribution is 5.58. The van der Waals surface area contributed by atoms with Crippen LogP contribution in [0.25, 0.3) is 0 Å². The lowest BCUT2D eigenvalue weighted by Gasteiger charge is -2.39. The molecular weight excluding hydrogens is 387 g/mol. The van der Waals surface area contributed by atoms with Crippen LogP contribution in [-0.4, -0.2) is 41.6 Å². The number of aryl methyl sites for hydroxylation is 2. The van der Waals surface area contributed by atoms with Crippen molar-refractivity contribution in [3.05, 3.63) is 35.8 Å². The van der Waals surface area contributed by atoms with Gasteiger partial charge >= 0.3 is 6.18 Å². The molecule has 0 aromatic carbocycles. The standard InChI is InChI=1S/C17H20F3N9/c1-10-12(24-15-22-7-11(17(18,19)20)13(21-2)25-15)8-29(26-10)16(5-4-6-16)14-23-9-28(3)27-14/h7-9H,4-6H2,1-3H3,(H2,21,22,24,25). The number of anilines is 3. The topological polar surface area (TPSA) is 98.4 Å². The highest BCUT2D eigenvalue weighted by Gasteiger charge is 2.45. The lowest BCUT2D eigenvalue weighted by Crippen LogP contribution is -2.43. The normalized spacial score (nSPS) is 15.8. The molecule has 1 aliphatic rings. The largest absolute Gasteiger partial charge is 0.421 e. The Bertz CT molecular complexity index is 1030. The van der Waals surface area contributed by atoms with Gasteiger partial charge in [-0.3, -0.25) is 9.36 Å². The smallest absolute Gasteiger partial charge is 0.372 e. The van der Waals surface area contributed by atoms with Crippen LogP contribution in [0.2, 0.25) is 0 Å². The van der Waals surface area contributed by atoms with Gasteiger partial charge in [0, 0.05) is 26.5 Å². The summed E-state index contributed by atoms with van der Waals surface area (Å²) >= 11 is 0. The van der Waals surface area contributed by atoms with Crippen LogP contribution in [-0.2, 0) is 18.8 Å². The molecule has 0 atom stereocenters. The van der Waals surface area contributed by atoms with Crippen LogP contribution < -0.4 is 10.6 Å². The Morgan fingerprint density at radius 2 is 1.93 bits per heavy atom. The lowest BCUT2D eigenvalue weighted by molar-refractivity contribution is -0.137. The first-order valence-electron chi connectivity index (χ1n) is 9.05. The van der Waals surface area contributed by atoms with E-state index in [0.717, 1.165) is 25.5 Å².